The number of likely N-dealkylation sites (N-methyl/N-ethyl adjacent to an activating group) is 1. The van der Waals surface area contributed by atoms with Gasteiger partial charge >= 0.3 is 5.97 Å². The number of hydrogen-bond donors (Lipinski definition) is 2. The van der Waals surface area contributed by atoms with Gasteiger partial charge in [0.15, 0.2) is 6.61 Å². The van der Waals surface area contributed by atoms with E-state index in [0.29, 0.717) is 30.6 Å². The van der Waals surface area contributed by atoms with Crippen molar-refractivity contribution in [3.63, 3.8) is 0 Å². The fraction of sp³-hybridized carbons (Fsp3) is 0.526. The van der Waals surface area contributed by atoms with Crippen molar-refractivity contribution in [1.82, 2.24) is 4.90 Å². The van der Waals surface area contributed by atoms with E-state index in [1.165, 1.54) is 4.90 Å². The monoisotopic (exact) mass is 359 g/mol. The Labute approximate surface area is 153 Å². The summed E-state index contributed by atoms with van der Waals surface area (Å²) in [6.45, 7) is -0.174. The summed E-state index contributed by atoms with van der Waals surface area (Å²) < 4.78 is 5.17. The van der Waals surface area contributed by atoms with Crippen LogP contribution in [0.3, 0.4) is 0 Å². The van der Waals surface area contributed by atoms with Crippen molar-refractivity contribution in [2.24, 2.45) is 0 Å². The largest absolute Gasteiger partial charge is 0.452 e. The van der Waals surface area contributed by atoms with Crippen LogP contribution in [0, 0.1) is 11.3 Å². The Hall–Kier alpha value is -2.59. The number of rotatable bonds is 7. The molecule has 0 bridgehead atoms. The third kappa shape index (κ3) is 4.52. The van der Waals surface area contributed by atoms with Gasteiger partial charge in [-0.3, -0.25) is 4.79 Å². The molecule has 140 valence electrons. The highest BCUT2D eigenvalue weighted by atomic mass is 16.5. The summed E-state index contributed by atoms with van der Waals surface area (Å²) in [6.07, 6.45) is 4.18. The van der Waals surface area contributed by atoms with Crippen LogP contribution in [0.2, 0.25) is 0 Å². The summed E-state index contributed by atoms with van der Waals surface area (Å²) in [5.74, 6) is -1.01. The van der Waals surface area contributed by atoms with Crippen LogP contribution in [0.15, 0.2) is 24.3 Å². The molecule has 1 fully saturated rings. The minimum absolute atomic E-state index is 0.0666. The van der Waals surface area contributed by atoms with E-state index < -0.39 is 18.1 Å². The molecule has 0 radical (unpaired) electrons. The zero-order valence-electron chi connectivity index (χ0n) is 15.0. The summed E-state index contributed by atoms with van der Waals surface area (Å²) in [5.41, 5.74) is 0.0275. The van der Waals surface area contributed by atoms with Gasteiger partial charge in [0.1, 0.15) is 5.54 Å². The van der Waals surface area contributed by atoms with Crippen LogP contribution < -0.4 is 5.32 Å². The first-order chi connectivity index (χ1) is 12.5. The summed E-state index contributed by atoms with van der Waals surface area (Å²) in [6, 6.07) is 9.03. The third-order valence-electron chi connectivity index (χ3n) is 4.81. The third-order valence-corrected chi connectivity index (χ3v) is 4.81. The molecule has 0 spiro atoms. The number of carbonyl (C=O) groups excluding carboxylic acids is 2. The minimum Gasteiger partial charge on any atom is -0.452 e. The van der Waals surface area contributed by atoms with Gasteiger partial charge in [0, 0.05) is 19.3 Å². The number of aliphatic hydroxyl groups is 1. The predicted octanol–water partition coefficient (Wildman–Crippen LogP) is 1.93. The first-order valence-corrected chi connectivity index (χ1v) is 8.83. The average molecular weight is 359 g/mol. The maximum Gasteiger partial charge on any atom is 0.340 e. The Balaban J connectivity index is 1.99. The maximum absolute atomic E-state index is 12.4. The van der Waals surface area contributed by atoms with Gasteiger partial charge in [0.05, 0.1) is 18.2 Å². The van der Waals surface area contributed by atoms with Crippen LogP contribution in [0.4, 0.5) is 5.69 Å². The highest BCUT2D eigenvalue weighted by Crippen LogP contribution is 2.32. The van der Waals surface area contributed by atoms with Gasteiger partial charge in [-0.2, -0.15) is 5.26 Å². The number of benzene rings is 1. The van der Waals surface area contributed by atoms with Crippen LogP contribution in [-0.4, -0.2) is 54.2 Å². The lowest BCUT2D eigenvalue weighted by molar-refractivity contribution is -0.138. The standard InChI is InChI=1S/C19H25N3O4/c1-22(19(14-20)9-5-2-6-10-19)17(24)13-26-18(25)15-7-3-4-8-16(15)21-11-12-23/h3-4,7-8,21,23H,2,5-6,9-13H2,1H3. The van der Waals surface area contributed by atoms with E-state index in [2.05, 4.69) is 11.4 Å². The zero-order valence-corrected chi connectivity index (χ0v) is 15.0. The van der Waals surface area contributed by atoms with Gasteiger partial charge in [-0.1, -0.05) is 31.4 Å². The minimum atomic E-state index is -0.803. The summed E-state index contributed by atoms with van der Waals surface area (Å²) in [4.78, 5) is 26.2. The molecule has 0 unspecified atom stereocenters. The van der Waals surface area contributed by atoms with Gasteiger partial charge < -0.3 is 20.1 Å². The SMILES string of the molecule is CN(C(=O)COC(=O)c1ccccc1NCCO)C1(C#N)CCCCC1. The molecule has 7 heteroatoms. The van der Waals surface area contributed by atoms with Crippen molar-refractivity contribution in [2.75, 3.05) is 32.1 Å². The van der Waals surface area contributed by atoms with Crippen LogP contribution in [0.1, 0.15) is 42.5 Å². The van der Waals surface area contributed by atoms with E-state index in [0.717, 1.165) is 19.3 Å². The number of esters is 1. The number of ether oxygens (including phenoxy) is 1. The molecule has 0 heterocycles. The molecule has 1 aromatic carbocycles. The number of nitrogens with one attached hydrogen (secondary N) is 1. The first kappa shape index (κ1) is 19.7. The van der Waals surface area contributed by atoms with Gasteiger partial charge in [-0.05, 0) is 25.0 Å². The second-order valence-corrected chi connectivity index (χ2v) is 6.43. The lowest BCUT2D eigenvalue weighted by Gasteiger charge is -2.38. The normalized spacial score (nSPS) is 15.6. The van der Waals surface area contributed by atoms with Crippen molar-refractivity contribution in [1.29, 1.82) is 5.26 Å². The Bertz CT molecular complexity index is 678. The molecule has 26 heavy (non-hydrogen) atoms. The van der Waals surface area contributed by atoms with Crippen molar-refractivity contribution >= 4 is 17.6 Å². The van der Waals surface area contributed by atoms with E-state index in [1.54, 1.807) is 31.3 Å². The van der Waals surface area contributed by atoms with E-state index in [1.807, 2.05) is 0 Å². The second kappa shape index (κ2) is 9.20. The molecule has 1 saturated carbocycles. The average Bonchev–Trinajstić information content (AvgIpc) is 2.70. The molecule has 0 atom stereocenters. The topological polar surface area (TPSA) is 103 Å². The van der Waals surface area contributed by atoms with Crippen molar-refractivity contribution in [3.8, 4) is 6.07 Å². The second-order valence-electron chi connectivity index (χ2n) is 6.43. The smallest absolute Gasteiger partial charge is 0.340 e. The molecule has 1 aromatic rings. The number of nitrogens with zero attached hydrogens (tertiary/aromatic N) is 2. The molecule has 1 aliphatic rings. The predicted molar refractivity (Wildman–Crippen MR) is 96.5 cm³/mol. The lowest BCUT2D eigenvalue weighted by atomic mass is 9.81. The number of anilines is 1. The molecule has 2 rings (SSSR count). The molecule has 2 N–H and O–H groups in total. The zero-order chi connectivity index (χ0) is 19.0. The van der Waals surface area contributed by atoms with Gasteiger partial charge in [0.25, 0.3) is 5.91 Å². The number of carbonyl (C=O) groups is 2. The van der Waals surface area contributed by atoms with Crippen LogP contribution >= 0.6 is 0 Å². The fourth-order valence-corrected chi connectivity index (χ4v) is 3.21. The van der Waals surface area contributed by atoms with Gasteiger partial charge in [0.2, 0.25) is 0 Å². The Morgan fingerprint density at radius 2 is 2.00 bits per heavy atom. The Kier molecular flexibility index (Phi) is 6.98. The van der Waals surface area contributed by atoms with Crippen molar-refractivity contribution in [2.45, 2.75) is 37.6 Å². The molecule has 1 aliphatic carbocycles. The molecular formula is C19H25N3O4. The fourth-order valence-electron chi connectivity index (χ4n) is 3.21. The molecular weight excluding hydrogens is 334 g/mol. The van der Waals surface area contributed by atoms with Crippen molar-refractivity contribution in [3.05, 3.63) is 29.8 Å². The molecule has 7 nitrogen and oxygen atoms in total. The summed E-state index contributed by atoms with van der Waals surface area (Å²) in [7, 11) is 1.60. The quantitative estimate of drug-likeness (QED) is 0.721. The van der Waals surface area contributed by atoms with E-state index in [9.17, 15) is 14.9 Å². The van der Waals surface area contributed by atoms with Crippen LogP contribution in [0.5, 0.6) is 0 Å². The molecule has 0 saturated heterocycles. The molecule has 1 amide bonds. The number of aliphatic hydroxyl groups excluding tert-OH is 1. The van der Waals surface area contributed by atoms with Gasteiger partial charge in [-0.25, -0.2) is 4.79 Å². The van der Waals surface area contributed by atoms with E-state index in [4.69, 9.17) is 9.84 Å². The highest BCUT2D eigenvalue weighted by Gasteiger charge is 2.39. The van der Waals surface area contributed by atoms with Crippen molar-refractivity contribution < 1.29 is 19.4 Å². The molecule has 0 aromatic heterocycles. The Morgan fingerprint density at radius 1 is 1.31 bits per heavy atom. The number of amides is 1. The highest BCUT2D eigenvalue weighted by molar-refractivity contribution is 5.96. The Morgan fingerprint density at radius 3 is 2.65 bits per heavy atom. The lowest BCUT2D eigenvalue weighted by Crippen LogP contribution is -2.51. The van der Waals surface area contributed by atoms with E-state index in [-0.39, 0.29) is 12.5 Å². The van der Waals surface area contributed by atoms with Gasteiger partial charge in [-0.15, -0.1) is 0 Å². The number of para-hydroxylation sites is 1. The van der Waals surface area contributed by atoms with E-state index >= 15 is 0 Å². The van der Waals surface area contributed by atoms with Crippen LogP contribution in [0.25, 0.3) is 0 Å². The summed E-state index contributed by atoms with van der Waals surface area (Å²) >= 11 is 0. The number of hydrogen-bond acceptors (Lipinski definition) is 6. The first-order valence-electron chi connectivity index (χ1n) is 8.83. The summed E-state index contributed by atoms with van der Waals surface area (Å²) in [5, 5.41) is 21.4. The maximum atomic E-state index is 12.4. The van der Waals surface area contributed by atoms with Crippen LogP contribution in [-0.2, 0) is 9.53 Å². The number of nitriles is 1. The molecule has 0 aliphatic heterocycles.